The number of rotatable bonds is 7. The molecule has 1 amide bonds. The van der Waals surface area contributed by atoms with Crippen LogP contribution in [0.5, 0.6) is 0 Å². The average Bonchev–Trinajstić information content (AvgIpc) is 3.31. The van der Waals surface area contributed by atoms with Crippen LogP contribution in [0.25, 0.3) is 0 Å². The zero-order chi connectivity index (χ0) is 20.4. The van der Waals surface area contributed by atoms with E-state index in [4.69, 9.17) is 0 Å². The molecule has 0 fully saturated rings. The molecule has 0 bridgehead atoms. The highest BCUT2D eigenvalue weighted by Crippen LogP contribution is 2.41. The topological polar surface area (TPSA) is 104 Å². The van der Waals surface area contributed by atoms with Gasteiger partial charge < -0.3 is 15.7 Å². The second kappa shape index (κ2) is 8.26. The van der Waals surface area contributed by atoms with Crippen LogP contribution in [-0.2, 0) is 4.79 Å². The first-order valence-electron chi connectivity index (χ1n) is 9.52. The number of carboxylic acid groups (broad SMARTS) is 1. The van der Waals surface area contributed by atoms with Crippen LogP contribution in [0, 0.1) is 12.8 Å². The van der Waals surface area contributed by atoms with Crippen molar-refractivity contribution in [2.24, 2.45) is 5.92 Å². The van der Waals surface area contributed by atoms with Crippen molar-refractivity contribution in [1.29, 1.82) is 0 Å². The summed E-state index contributed by atoms with van der Waals surface area (Å²) in [6.07, 6.45) is 2.56. The Bertz CT molecular complexity index is 882. The molecule has 0 aliphatic carbocycles. The van der Waals surface area contributed by atoms with Crippen LogP contribution in [0.2, 0.25) is 0 Å². The van der Waals surface area contributed by atoms with Gasteiger partial charge in [0.05, 0.1) is 4.88 Å². The Labute approximate surface area is 168 Å². The number of amides is 1. The third-order valence-electron chi connectivity index (χ3n) is 5.49. The van der Waals surface area contributed by atoms with Gasteiger partial charge in [-0.05, 0) is 30.9 Å². The molecule has 7 nitrogen and oxygen atoms in total. The van der Waals surface area contributed by atoms with Crippen molar-refractivity contribution in [1.82, 2.24) is 15.3 Å². The van der Waals surface area contributed by atoms with E-state index in [0.717, 1.165) is 28.6 Å². The number of aliphatic carboxylic acids is 1. The number of carboxylic acids is 1. The third kappa shape index (κ3) is 4.01. The van der Waals surface area contributed by atoms with Gasteiger partial charge in [0.25, 0.3) is 5.91 Å². The number of fused-ring (bicyclic) bond motifs is 1. The number of hydrogen-bond donors (Lipinski definition) is 3. The standard InChI is InChI=1S/C20H26N4O3S/c1-5-10(2)17(20(26)27)24-19(25)16-7-6-15(28-16)11(3)13-8-22-18-14(13)9-21-12(4)23-18/h6-7,9-11,13,17H,5,8H2,1-4H3,(H,24,25)(H,26,27)(H,21,22,23)/t10-,11?,13?,17-/m0/s1. The molecule has 0 saturated heterocycles. The van der Waals surface area contributed by atoms with E-state index in [0.29, 0.717) is 11.3 Å². The van der Waals surface area contributed by atoms with Gasteiger partial charge in [0, 0.05) is 29.1 Å². The molecule has 4 atom stereocenters. The lowest BCUT2D eigenvalue weighted by Gasteiger charge is -2.19. The maximum absolute atomic E-state index is 12.6. The van der Waals surface area contributed by atoms with E-state index in [-0.39, 0.29) is 23.7 Å². The van der Waals surface area contributed by atoms with Crippen LogP contribution in [0.3, 0.4) is 0 Å². The summed E-state index contributed by atoms with van der Waals surface area (Å²) in [4.78, 5) is 34.4. The predicted octanol–water partition coefficient (Wildman–Crippen LogP) is 3.39. The van der Waals surface area contributed by atoms with Crippen LogP contribution in [0.4, 0.5) is 5.82 Å². The van der Waals surface area contributed by atoms with E-state index < -0.39 is 12.0 Å². The fourth-order valence-corrected chi connectivity index (χ4v) is 4.50. The molecule has 0 saturated carbocycles. The Hall–Kier alpha value is -2.48. The minimum Gasteiger partial charge on any atom is -0.480 e. The first-order chi connectivity index (χ1) is 13.3. The number of thiophene rings is 1. The second-order valence-electron chi connectivity index (χ2n) is 7.37. The molecule has 3 heterocycles. The zero-order valence-electron chi connectivity index (χ0n) is 16.5. The summed E-state index contributed by atoms with van der Waals surface area (Å²) in [6, 6.07) is 2.85. The molecule has 0 aromatic carbocycles. The van der Waals surface area contributed by atoms with Gasteiger partial charge in [0.1, 0.15) is 17.7 Å². The zero-order valence-corrected chi connectivity index (χ0v) is 17.3. The monoisotopic (exact) mass is 402 g/mol. The van der Waals surface area contributed by atoms with Gasteiger partial charge in [0.15, 0.2) is 0 Å². The molecule has 2 aromatic heterocycles. The van der Waals surface area contributed by atoms with E-state index in [1.165, 1.54) is 11.3 Å². The number of carbonyl (C=O) groups excluding carboxylic acids is 1. The highest BCUT2D eigenvalue weighted by Gasteiger charge is 2.31. The van der Waals surface area contributed by atoms with Crippen molar-refractivity contribution in [3.63, 3.8) is 0 Å². The maximum Gasteiger partial charge on any atom is 0.326 e. The Morgan fingerprint density at radius 3 is 2.82 bits per heavy atom. The van der Waals surface area contributed by atoms with Gasteiger partial charge in [-0.15, -0.1) is 11.3 Å². The molecule has 3 rings (SSSR count). The normalized spacial score (nSPS) is 18.6. The Balaban J connectivity index is 1.74. The van der Waals surface area contributed by atoms with E-state index in [2.05, 4.69) is 27.5 Å². The van der Waals surface area contributed by atoms with Crippen molar-refractivity contribution >= 4 is 29.0 Å². The average molecular weight is 403 g/mol. The SMILES string of the molecule is CC[C@H](C)[C@H](NC(=O)c1ccc(C(C)C2CNc3nc(C)ncc32)s1)C(=O)O. The number of aromatic nitrogens is 2. The molecule has 28 heavy (non-hydrogen) atoms. The molecular formula is C20H26N4O3S. The second-order valence-corrected chi connectivity index (χ2v) is 8.49. The first-order valence-corrected chi connectivity index (χ1v) is 10.3. The molecule has 150 valence electrons. The summed E-state index contributed by atoms with van der Waals surface area (Å²) < 4.78 is 0. The number of nitrogens with zero attached hydrogens (tertiary/aromatic N) is 2. The van der Waals surface area contributed by atoms with Crippen molar-refractivity contribution in [2.75, 3.05) is 11.9 Å². The van der Waals surface area contributed by atoms with Crippen LogP contribution >= 0.6 is 11.3 Å². The fraction of sp³-hybridized carbons (Fsp3) is 0.500. The Morgan fingerprint density at radius 1 is 1.39 bits per heavy atom. The maximum atomic E-state index is 12.6. The summed E-state index contributed by atoms with van der Waals surface area (Å²) in [5.74, 6) is 0.579. The van der Waals surface area contributed by atoms with Gasteiger partial charge in [-0.25, -0.2) is 14.8 Å². The third-order valence-corrected chi connectivity index (χ3v) is 6.78. The first kappa shape index (κ1) is 20.3. The number of carbonyl (C=O) groups is 2. The molecule has 3 N–H and O–H groups in total. The fourth-order valence-electron chi connectivity index (χ4n) is 3.47. The highest BCUT2D eigenvalue weighted by atomic mass is 32.1. The number of anilines is 1. The molecule has 0 spiro atoms. The van der Waals surface area contributed by atoms with Gasteiger partial charge in [-0.2, -0.15) is 0 Å². The largest absolute Gasteiger partial charge is 0.480 e. The van der Waals surface area contributed by atoms with Crippen molar-refractivity contribution in [2.45, 2.75) is 52.0 Å². The van der Waals surface area contributed by atoms with E-state index >= 15 is 0 Å². The van der Waals surface area contributed by atoms with E-state index in [1.807, 2.05) is 33.0 Å². The van der Waals surface area contributed by atoms with Crippen molar-refractivity contribution in [3.8, 4) is 0 Å². The van der Waals surface area contributed by atoms with Gasteiger partial charge in [0.2, 0.25) is 0 Å². The summed E-state index contributed by atoms with van der Waals surface area (Å²) >= 11 is 1.41. The predicted molar refractivity (Wildman–Crippen MR) is 109 cm³/mol. The van der Waals surface area contributed by atoms with Crippen LogP contribution < -0.4 is 10.6 Å². The van der Waals surface area contributed by atoms with Crippen LogP contribution in [0.15, 0.2) is 18.3 Å². The van der Waals surface area contributed by atoms with Gasteiger partial charge in [-0.3, -0.25) is 4.79 Å². The van der Waals surface area contributed by atoms with Gasteiger partial charge in [-0.1, -0.05) is 27.2 Å². The minimum absolute atomic E-state index is 0.135. The minimum atomic E-state index is -1.00. The molecule has 1 aliphatic heterocycles. The lowest BCUT2D eigenvalue weighted by Crippen LogP contribution is -2.44. The molecule has 2 aromatic rings. The van der Waals surface area contributed by atoms with Crippen molar-refractivity contribution < 1.29 is 14.7 Å². The summed E-state index contributed by atoms with van der Waals surface area (Å²) in [5, 5.41) is 15.4. The Kier molecular flexibility index (Phi) is 5.98. The molecule has 0 radical (unpaired) electrons. The summed E-state index contributed by atoms with van der Waals surface area (Å²) in [5.41, 5.74) is 1.10. The van der Waals surface area contributed by atoms with E-state index in [9.17, 15) is 14.7 Å². The van der Waals surface area contributed by atoms with Crippen LogP contribution in [-0.4, -0.2) is 39.5 Å². The summed E-state index contributed by atoms with van der Waals surface area (Å²) in [6.45, 7) is 8.52. The molecule has 1 aliphatic rings. The van der Waals surface area contributed by atoms with Crippen LogP contribution in [0.1, 0.15) is 65.0 Å². The van der Waals surface area contributed by atoms with E-state index in [1.54, 1.807) is 6.07 Å². The quantitative estimate of drug-likeness (QED) is 0.656. The molecular weight excluding hydrogens is 376 g/mol. The number of hydrogen-bond acceptors (Lipinski definition) is 6. The molecule has 8 heteroatoms. The number of aryl methyl sites for hydroxylation is 1. The Morgan fingerprint density at radius 2 is 2.14 bits per heavy atom. The van der Waals surface area contributed by atoms with Gasteiger partial charge >= 0.3 is 5.97 Å². The lowest BCUT2D eigenvalue weighted by atomic mass is 9.89. The number of nitrogens with one attached hydrogen (secondary N) is 2. The highest BCUT2D eigenvalue weighted by molar-refractivity contribution is 7.14. The summed E-state index contributed by atoms with van der Waals surface area (Å²) in [7, 11) is 0. The smallest absolute Gasteiger partial charge is 0.326 e. The molecule has 2 unspecified atom stereocenters. The lowest BCUT2D eigenvalue weighted by molar-refractivity contribution is -0.140. The van der Waals surface area contributed by atoms with Crippen molar-refractivity contribution in [3.05, 3.63) is 39.5 Å².